The maximum Gasteiger partial charge on any atom is 0.305 e. The lowest BCUT2D eigenvalue weighted by molar-refractivity contribution is -0.143. The highest BCUT2D eigenvalue weighted by atomic mass is 16.5. The highest BCUT2D eigenvalue weighted by molar-refractivity contribution is 5.76. The number of hydrogen-bond acceptors (Lipinski definition) is 5. The minimum absolute atomic E-state index is 0.0310. The molecule has 6 nitrogen and oxygen atoms in total. The first kappa shape index (κ1) is 63.8. The second-order valence-electron chi connectivity index (χ2n) is 19.6. The fourth-order valence-electron chi connectivity index (χ4n) is 8.66. The second kappa shape index (κ2) is 55.4. The fraction of sp³-hybridized carbons (Fsp3) is 0.833. The van der Waals surface area contributed by atoms with Crippen LogP contribution in [0.4, 0.5) is 0 Å². The SMILES string of the molecule is CCCCC/C=C\C/C=C\CCCCCCCC(=O)OCCCCCCCC/C=C\C/C=C\CCC(=O)NC(CO)C(O)CCCCCCCCCCCCCCCCCCCCCCC. The summed E-state index contributed by atoms with van der Waals surface area (Å²) < 4.78 is 5.45. The van der Waals surface area contributed by atoms with E-state index in [0.29, 0.717) is 32.3 Å². The number of nitrogens with one attached hydrogen (secondary N) is 1. The standard InChI is InChI=1S/C60H111NO5/c1-3-5-7-9-11-13-15-17-19-20-21-22-23-24-26-28-32-36-40-44-48-52-58(63)57(56-62)61-59(64)53-49-45-41-37-33-29-27-31-35-39-43-47-51-55-66-60(65)54-50-46-42-38-34-30-25-18-16-14-12-10-8-6-4-2/h12,14,18,25,29,33,41,45,57-58,62-63H,3-11,13,15-17,19-24,26-28,30-32,34-40,42-44,46-56H2,1-2H3,(H,61,64)/b14-12-,25-18-,33-29-,45-41-. The monoisotopic (exact) mass is 926 g/mol. The summed E-state index contributed by atoms with van der Waals surface area (Å²) in [5, 5.41) is 23.3. The number of carbonyl (C=O) groups is 2. The number of amides is 1. The van der Waals surface area contributed by atoms with Gasteiger partial charge in [-0.3, -0.25) is 9.59 Å². The minimum atomic E-state index is -0.701. The molecule has 0 spiro atoms. The Morgan fingerprint density at radius 1 is 0.424 bits per heavy atom. The molecular weight excluding hydrogens is 815 g/mol. The van der Waals surface area contributed by atoms with Gasteiger partial charge < -0.3 is 20.3 Å². The molecule has 0 aromatic rings. The maximum atomic E-state index is 12.5. The van der Waals surface area contributed by atoms with Crippen molar-refractivity contribution in [2.24, 2.45) is 0 Å². The summed E-state index contributed by atoms with van der Waals surface area (Å²) in [4.78, 5) is 24.5. The van der Waals surface area contributed by atoms with Gasteiger partial charge in [0.1, 0.15) is 0 Å². The Morgan fingerprint density at radius 2 is 0.773 bits per heavy atom. The van der Waals surface area contributed by atoms with Gasteiger partial charge in [-0.15, -0.1) is 0 Å². The molecule has 3 N–H and O–H groups in total. The lowest BCUT2D eigenvalue weighted by atomic mass is 10.0. The first-order valence-electron chi connectivity index (χ1n) is 28.9. The number of ether oxygens (including phenoxy) is 1. The molecule has 386 valence electrons. The van der Waals surface area contributed by atoms with E-state index >= 15 is 0 Å². The molecule has 2 unspecified atom stereocenters. The summed E-state index contributed by atoms with van der Waals surface area (Å²) in [6.45, 7) is 4.86. The summed E-state index contributed by atoms with van der Waals surface area (Å²) >= 11 is 0. The number of hydrogen-bond donors (Lipinski definition) is 3. The van der Waals surface area contributed by atoms with Crippen LogP contribution >= 0.6 is 0 Å². The van der Waals surface area contributed by atoms with Crippen molar-refractivity contribution in [3.8, 4) is 0 Å². The second-order valence-corrected chi connectivity index (χ2v) is 19.6. The number of aliphatic hydroxyl groups is 2. The molecule has 66 heavy (non-hydrogen) atoms. The number of rotatable bonds is 53. The smallest absolute Gasteiger partial charge is 0.305 e. The Labute approximate surface area is 410 Å². The van der Waals surface area contributed by atoms with Crippen molar-refractivity contribution in [1.29, 1.82) is 0 Å². The molecule has 0 aliphatic rings. The van der Waals surface area contributed by atoms with Crippen molar-refractivity contribution in [1.82, 2.24) is 5.32 Å². The van der Waals surface area contributed by atoms with Gasteiger partial charge in [0.15, 0.2) is 0 Å². The normalized spacial score (nSPS) is 13.0. The van der Waals surface area contributed by atoms with Crippen LogP contribution in [-0.4, -0.2) is 47.4 Å². The molecule has 0 bridgehead atoms. The van der Waals surface area contributed by atoms with Crippen LogP contribution in [0.3, 0.4) is 0 Å². The van der Waals surface area contributed by atoms with E-state index in [1.807, 2.05) is 6.08 Å². The van der Waals surface area contributed by atoms with Crippen LogP contribution in [-0.2, 0) is 14.3 Å². The molecule has 0 heterocycles. The molecule has 6 heteroatoms. The van der Waals surface area contributed by atoms with E-state index in [1.165, 1.54) is 193 Å². The first-order valence-corrected chi connectivity index (χ1v) is 28.9. The third-order valence-corrected chi connectivity index (χ3v) is 13.1. The van der Waals surface area contributed by atoms with E-state index in [2.05, 4.69) is 61.7 Å². The van der Waals surface area contributed by atoms with Gasteiger partial charge in [0, 0.05) is 12.8 Å². The maximum absolute atomic E-state index is 12.5. The number of esters is 1. The van der Waals surface area contributed by atoms with Crippen LogP contribution < -0.4 is 5.32 Å². The fourth-order valence-corrected chi connectivity index (χ4v) is 8.66. The van der Waals surface area contributed by atoms with E-state index in [9.17, 15) is 19.8 Å². The summed E-state index contributed by atoms with van der Waals surface area (Å²) in [6.07, 6.45) is 69.7. The summed E-state index contributed by atoms with van der Waals surface area (Å²) in [6, 6.07) is -0.588. The molecule has 1 amide bonds. The van der Waals surface area contributed by atoms with Crippen molar-refractivity contribution in [3.05, 3.63) is 48.6 Å². The summed E-state index contributed by atoms with van der Waals surface area (Å²) in [5.74, 6) is -0.146. The zero-order chi connectivity index (χ0) is 47.9. The van der Waals surface area contributed by atoms with Crippen molar-refractivity contribution < 1.29 is 24.5 Å². The topological polar surface area (TPSA) is 95.9 Å². The molecule has 0 aliphatic heterocycles. The molecule has 0 aromatic carbocycles. The molecule has 2 atom stereocenters. The molecule has 0 fully saturated rings. The van der Waals surface area contributed by atoms with Gasteiger partial charge in [-0.2, -0.15) is 0 Å². The predicted octanol–water partition coefficient (Wildman–Crippen LogP) is 17.8. The minimum Gasteiger partial charge on any atom is -0.466 e. The van der Waals surface area contributed by atoms with Gasteiger partial charge in [-0.1, -0.05) is 255 Å². The Balaban J connectivity index is 3.55. The summed E-state index contributed by atoms with van der Waals surface area (Å²) in [7, 11) is 0. The van der Waals surface area contributed by atoms with Gasteiger partial charge >= 0.3 is 5.97 Å². The van der Waals surface area contributed by atoms with E-state index in [-0.39, 0.29) is 18.5 Å². The highest BCUT2D eigenvalue weighted by Crippen LogP contribution is 2.17. The summed E-state index contributed by atoms with van der Waals surface area (Å²) in [5.41, 5.74) is 0. The zero-order valence-electron chi connectivity index (χ0n) is 43.9. The van der Waals surface area contributed by atoms with E-state index in [1.54, 1.807) is 0 Å². The van der Waals surface area contributed by atoms with Crippen LogP contribution in [0.1, 0.15) is 296 Å². The third-order valence-electron chi connectivity index (χ3n) is 13.1. The Hall–Kier alpha value is -2.18. The van der Waals surface area contributed by atoms with Crippen molar-refractivity contribution >= 4 is 11.9 Å². The molecular formula is C60H111NO5. The molecule has 0 rings (SSSR count). The predicted molar refractivity (Wildman–Crippen MR) is 287 cm³/mol. The van der Waals surface area contributed by atoms with Gasteiger partial charge in [0.2, 0.25) is 5.91 Å². The number of allylic oxidation sites excluding steroid dienone is 8. The number of unbranched alkanes of at least 4 members (excludes halogenated alkanes) is 34. The van der Waals surface area contributed by atoms with Crippen LogP contribution in [0.25, 0.3) is 0 Å². The van der Waals surface area contributed by atoms with Crippen LogP contribution in [0.2, 0.25) is 0 Å². The third kappa shape index (κ3) is 51.2. The lowest BCUT2D eigenvalue weighted by Gasteiger charge is -2.22. The van der Waals surface area contributed by atoms with Crippen LogP contribution in [0.15, 0.2) is 48.6 Å². The quantitative estimate of drug-likeness (QED) is 0.0321. The molecule has 0 saturated heterocycles. The Bertz CT molecular complexity index is 1110. The molecule has 0 aliphatic carbocycles. The van der Waals surface area contributed by atoms with Crippen molar-refractivity contribution in [3.63, 3.8) is 0 Å². The largest absolute Gasteiger partial charge is 0.466 e. The van der Waals surface area contributed by atoms with Gasteiger partial charge in [0.25, 0.3) is 0 Å². The lowest BCUT2D eigenvalue weighted by Crippen LogP contribution is -2.45. The van der Waals surface area contributed by atoms with E-state index in [0.717, 1.165) is 64.2 Å². The average molecular weight is 927 g/mol. The van der Waals surface area contributed by atoms with Gasteiger partial charge in [-0.25, -0.2) is 0 Å². The van der Waals surface area contributed by atoms with Crippen LogP contribution in [0.5, 0.6) is 0 Å². The first-order chi connectivity index (χ1) is 32.5. The zero-order valence-corrected chi connectivity index (χ0v) is 43.9. The van der Waals surface area contributed by atoms with Crippen molar-refractivity contribution in [2.45, 2.75) is 309 Å². The van der Waals surface area contributed by atoms with Crippen molar-refractivity contribution in [2.75, 3.05) is 13.2 Å². The molecule has 0 aromatic heterocycles. The Morgan fingerprint density at radius 3 is 1.21 bits per heavy atom. The number of carbonyl (C=O) groups excluding carboxylic acids is 2. The van der Waals surface area contributed by atoms with E-state index < -0.39 is 12.1 Å². The van der Waals surface area contributed by atoms with Gasteiger partial charge in [-0.05, 0) is 77.0 Å². The molecule has 0 saturated carbocycles. The van der Waals surface area contributed by atoms with Gasteiger partial charge in [0.05, 0.1) is 25.4 Å². The molecule has 0 radical (unpaired) electrons. The van der Waals surface area contributed by atoms with E-state index in [4.69, 9.17) is 4.74 Å². The number of aliphatic hydroxyl groups excluding tert-OH is 2. The average Bonchev–Trinajstić information content (AvgIpc) is 3.32. The highest BCUT2D eigenvalue weighted by Gasteiger charge is 2.19. The Kier molecular flexibility index (Phi) is 53.6. The van der Waals surface area contributed by atoms with Crippen LogP contribution in [0, 0.1) is 0 Å².